The fourth-order valence-electron chi connectivity index (χ4n) is 4.56. The number of hydrogen-bond acceptors (Lipinski definition) is 8. The highest BCUT2D eigenvalue weighted by Crippen LogP contribution is 2.24. The zero-order valence-electron chi connectivity index (χ0n) is 21.4. The molecule has 0 amide bonds. The van der Waals surface area contributed by atoms with E-state index >= 15 is 0 Å². The van der Waals surface area contributed by atoms with Gasteiger partial charge in [-0.3, -0.25) is 13.9 Å². The number of aromatic nitrogens is 4. The van der Waals surface area contributed by atoms with Gasteiger partial charge in [0.1, 0.15) is 0 Å². The molecule has 3 aromatic rings. The average molecular weight is 554 g/mol. The van der Waals surface area contributed by atoms with Crippen molar-refractivity contribution in [3.63, 3.8) is 0 Å². The first kappa shape index (κ1) is 27.0. The number of rotatable bonds is 7. The molecule has 0 N–H and O–H groups in total. The van der Waals surface area contributed by atoms with Gasteiger partial charge in [-0.1, -0.05) is 13.8 Å². The van der Waals surface area contributed by atoms with Crippen LogP contribution in [0.5, 0.6) is 0 Å². The Balaban J connectivity index is 1.55. The Labute approximate surface area is 215 Å². The molecule has 0 atom stereocenters. The van der Waals surface area contributed by atoms with Gasteiger partial charge in [0.15, 0.2) is 11.2 Å². The van der Waals surface area contributed by atoms with E-state index in [4.69, 9.17) is 0 Å². The predicted molar refractivity (Wildman–Crippen MR) is 139 cm³/mol. The van der Waals surface area contributed by atoms with Gasteiger partial charge in [-0.2, -0.15) is 13.6 Å². The summed E-state index contributed by atoms with van der Waals surface area (Å²) in [5, 5.41) is 0. The number of benzene rings is 1. The number of aryl methyl sites for hydroxylation is 2. The largest absolute Gasteiger partial charge is 0.340 e. The van der Waals surface area contributed by atoms with Gasteiger partial charge >= 0.3 is 5.69 Å². The zero-order chi connectivity index (χ0) is 27.3. The maximum atomic E-state index is 13.3. The third kappa shape index (κ3) is 4.39. The van der Waals surface area contributed by atoms with Crippen LogP contribution in [0.2, 0.25) is 0 Å². The van der Waals surface area contributed by atoms with Crippen LogP contribution in [0.25, 0.3) is 11.2 Å². The standard InChI is InChI=1S/C22H31N7O6S2/c1-6-28(7-2)36(32,33)16-8-10-17(11-9-16)37(34,35)29-14-12-27(13-15-29)21-23-19-18(24(21)3)20(30)26(5)22(31)25(19)4/h8-11H,6-7,12-15H2,1-5H3. The molecule has 0 unspecified atom stereocenters. The minimum absolute atomic E-state index is 0.0145. The Bertz CT molecular complexity index is 1660. The summed E-state index contributed by atoms with van der Waals surface area (Å²) in [6.07, 6.45) is 0. The predicted octanol–water partition coefficient (Wildman–Crippen LogP) is -0.488. The van der Waals surface area contributed by atoms with Gasteiger partial charge in [0, 0.05) is 60.4 Å². The van der Waals surface area contributed by atoms with Crippen molar-refractivity contribution in [3.05, 3.63) is 45.1 Å². The van der Waals surface area contributed by atoms with Crippen LogP contribution in [0.1, 0.15) is 13.8 Å². The Morgan fingerprint density at radius 3 is 1.89 bits per heavy atom. The van der Waals surface area contributed by atoms with Crippen LogP contribution >= 0.6 is 0 Å². The lowest BCUT2D eigenvalue weighted by Crippen LogP contribution is -2.49. The number of fused-ring (bicyclic) bond motifs is 1. The Hall–Kier alpha value is -3.01. The highest BCUT2D eigenvalue weighted by molar-refractivity contribution is 7.89. The summed E-state index contributed by atoms with van der Waals surface area (Å²) in [7, 11) is -2.90. The van der Waals surface area contributed by atoms with Crippen LogP contribution in [0.3, 0.4) is 0 Å². The SMILES string of the molecule is CCN(CC)S(=O)(=O)c1ccc(S(=O)(=O)N2CCN(c3nc4c(c(=O)n(C)c(=O)n4C)n3C)CC2)cc1. The molecule has 202 valence electrons. The van der Waals surface area contributed by atoms with Gasteiger partial charge in [0.25, 0.3) is 5.56 Å². The molecule has 1 aromatic carbocycles. The summed E-state index contributed by atoms with van der Waals surface area (Å²) < 4.78 is 58.5. The molecular weight excluding hydrogens is 522 g/mol. The van der Waals surface area contributed by atoms with Crippen molar-refractivity contribution in [1.29, 1.82) is 0 Å². The molecule has 2 aromatic heterocycles. The number of anilines is 1. The van der Waals surface area contributed by atoms with E-state index in [9.17, 15) is 26.4 Å². The van der Waals surface area contributed by atoms with Crippen molar-refractivity contribution >= 4 is 37.2 Å². The molecule has 4 rings (SSSR count). The highest BCUT2D eigenvalue weighted by atomic mass is 32.2. The highest BCUT2D eigenvalue weighted by Gasteiger charge is 2.31. The van der Waals surface area contributed by atoms with Crippen LogP contribution in [-0.4, -0.2) is 83.4 Å². The van der Waals surface area contributed by atoms with E-state index in [1.807, 2.05) is 4.90 Å². The molecule has 0 spiro atoms. The van der Waals surface area contributed by atoms with E-state index in [2.05, 4.69) is 4.98 Å². The van der Waals surface area contributed by atoms with Crippen LogP contribution in [0.15, 0.2) is 43.6 Å². The number of sulfonamides is 2. The molecular formula is C22H31N7O6S2. The average Bonchev–Trinajstić information content (AvgIpc) is 3.24. The molecule has 0 bridgehead atoms. The van der Waals surface area contributed by atoms with Gasteiger partial charge in [-0.15, -0.1) is 0 Å². The lowest BCUT2D eigenvalue weighted by atomic mass is 10.4. The van der Waals surface area contributed by atoms with Crippen molar-refractivity contribution in [2.24, 2.45) is 21.1 Å². The van der Waals surface area contributed by atoms with E-state index in [1.165, 1.54) is 44.5 Å². The second kappa shape index (κ2) is 9.70. The van der Waals surface area contributed by atoms with Gasteiger partial charge in [-0.05, 0) is 24.3 Å². The Morgan fingerprint density at radius 2 is 1.35 bits per heavy atom. The van der Waals surface area contributed by atoms with Gasteiger partial charge in [0.05, 0.1) is 9.79 Å². The minimum atomic E-state index is -3.85. The van der Waals surface area contributed by atoms with Crippen LogP contribution in [0.4, 0.5) is 5.95 Å². The van der Waals surface area contributed by atoms with E-state index in [0.717, 1.165) is 4.57 Å². The first-order valence-electron chi connectivity index (χ1n) is 11.8. The van der Waals surface area contributed by atoms with Crippen molar-refractivity contribution in [3.8, 4) is 0 Å². The third-order valence-electron chi connectivity index (χ3n) is 6.78. The maximum Gasteiger partial charge on any atom is 0.332 e. The van der Waals surface area contributed by atoms with E-state index < -0.39 is 31.3 Å². The molecule has 1 fully saturated rings. The lowest BCUT2D eigenvalue weighted by Gasteiger charge is -2.34. The molecule has 0 saturated carbocycles. The monoisotopic (exact) mass is 553 g/mol. The molecule has 37 heavy (non-hydrogen) atoms. The summed E-state index contributed by atoms with van der Waals surface area (Å²) in [5.41, 5.74) is -0.379. The first-order valence-corrected chi connectivity index (χ1v) is 14.7. The molecule has 1 saturated heterocycles. The molecule has 15 heteroatoms. The zero-order valence-corrected chi connectivity index (χ0v) is 23.1. The summed E-state index contributed by atoms with van der Waals surface area (Å²) in [5.74, 6) is 0.469. The van der Waals surface area contributed by atoms with Gasteiger partial charge < -0.3 is 9.47 Å². The summed E-state index contributed by atoms with van der Waals surface area (Å²) in [6.45, 7) is 5.10. The molecule has 1 aliphatic rings. The van der Waals surface area contributed by atoms with Crippen molar-refractivity contribution in [1.82, 2.24) is 27.3 Å². The minimum Gasteiger partial charge on any atom is -0.340 e. The van der Waals surface area contributed by atoms with Crippen LogP contribution in [0, 0.1) is 0 Å². The molecule has 3 heterocycles. The lowest BCUT2D eigenvalue weighted by molar-refractivity contribution is 0.381. The van der Waals surface area contributed by atoms with Crippen LogP contribution < -0.4 is 16.1 Å². The summed E-state index contributed by atoms with van der Waals surface area (Å²) in [6, 6.07) is 5.28. The van der Waals surface area contributed by atoms with Crippen molar-refractivity contribution in [2.45, 2.75) is 23.6 Å². The van der Waals surface area contributed by atoms with Crippen molar-refractivity contribution < 1.29 is 16.8 Å². The number of nitrogens with zero attached hydrogens (tertiary/aromatic N) is 7. The number of imidazole rings is 1. The molecule has 1 aliphatic heterocycles. The van der Waals surface area contributed by atoms with E-state index in [-0.39, 0.29) is 34.0 Å². The Kier molecular flexibility index (Phi) is 7.09. The van der Waals surface area contributed by atoms with Crippen LogP contribution in [-0.2, 0) is 41.2 Å². The first-order chi connectivity index (χ1) is 17.4. The quantitative estimate of drug-likeness (QED) is 0.382. The fraction of sp³-hybridized carbons (Fsp3) is 0.500. The van der Waals surface area contributed by atoms with E-state index in [1.54, 1.807) is 32.5 Å². The second-order valence-electron chi connectivity index (χ2n) is 8.80. The molecule has 0 radical (unpaired) electrons. The summed E-state index contributed by atoms with van der Waals surface area (Å²) in [4.78, 5) is 31.4. The molecule has 13 nitrogen and oxygen atoms in total. The molecule has 0 aliphatic carbocycles. The third-order valence-corrected chi connectivity index (χ3v) is 10.8. The number of hydrogen-bond donors (Lipinski definition) is 0. The Morgan fingerprint density at radius 1 is 0.811 bits per heavy atom. The topological polar surface area (TPSA) is 140 Å². The van der Waals surface area contributed by atoms with Crippen molar-refractivity contribution in [2.75, 3.05) is 44.2 Å². The van der Waals surface area contributed by atoms with E-state index in [0.29, 0.717) is 32.1 Å². The normalized spacial score (nSPS) is 15.7. The number of piperazine rings is 1. The smallest absolute Gasteiger partial charge is 0.332 e. The fourth-order valence-corrected chi connectivity index (χ4v) is 7.44. The maximum absolute atomic E-state index is 13.3. The summed E-state index contributed by atoms with van der Waals surface area (Å²) >= 11 is 0. The van der Waals surface area contributed by atoms with Gasteiger partial charge in [-0.25, -0.2) is 21.6 Å². The second-order valence-corrected chi connectivity index (χ2v) is 12.7. The van der Waals surface area contributed by atoms with Gasteiger partial charge in [0.2, 0.25) is 26.0 Å².